The number of pyridine rings is 1. The molecule has 8 rings (SSSR count). The number of sulfone groups is 1. The van der Waals surface area contributed by atoms with Crippen LogP contribution in [0.4, 0.5) is 29.3 Å². The Bertz CT molecular complexity index is 3360. The Balaban J connectivity index is 0.986. The van der Waals surface area contributed by atoms with Gasteiger partial charge in [-0.1, -0.05) is 43.2 Å². The van der Waals surface area contributed by atoms with Crippen LogP contribution in [0.15, 0.2) is 105 Å². The van der Waals surface area contributed by atoms with Gasteiger partial charge in [0.15, 0.2) is 0 Å². The van der Waals surface area contributed by atoms with Gasteiger partial charge in [0.2, 0.25) is 0 Å². The molecule has 410 valence electrons. The molecule has 2 saturated heterocycles. The molecule has 0 spiro atoms. The zero-order chi connectivity index (χ0) is 54.8. The summed E-state index contributed by atoms with van der Waals surface area (Å²) >= 11 is 6.24. The van der Waals surface area contributed by atoms with Crippen molar-refractivity contribution >= 4 is 81.2 Å². The van der Waals surface area contributed by atoms with Gasteiger partial charge in [0.05, 0.1) is 38.2 Å². The molecule has 0 bridgehead atoms. The van der Waals surface area contributed by atoms with Gasteiger partial charge < -0.3 is 29.6 Å². The minimum absolute atomic E-state index is 0.0414. The van der Waals surface area contributed by atoms with Crippen LogP contribution in [-0.4, -0.2) is 134 Å². The number of rotatable bonds is 16. The minimum atomic E-state index is -6.15. The summed E-state index contributed by atoms with van der Waals surface area (Å²) in [7, 11) is -14.0. The summed E-state index contributed by atoms with van der Waals surface area (Å²) in [5, 5.41) is 4.16. The number of alkyl halides is 3. The van der Waals surface area contributed by atoms with Crippen LogP contribution in [0.5, 0.6) is 11.5 Å². The lowest BCUT2D eigenvalue weighted by molar-refractivity contribution is -0.0436. The molecule has 0 saturated carbocycles. The highest BCUT2D eigenvalue weighted by Gasteiger charge is 2.48. The Kier molecular flexibility index (Phi) is 16.9. The second kappa shape index (κ2) is 22.7. The van der Waals surface area contributed by atoms with Gasteiger partial charge in [-0.25, -0.2) is 35.5 Å². The number of aromatic nitrogens is 2. The number of aromatic amines is 1. The van der Waals surface area contributed by atoms with Crippen LogP contribution < -0.4 is 19.7 Å². The average Bonchev–Trinajstić information content (AvgIpc) is 3.83. The molecule has 76 heavy (non-hydrogen) atoms. The number of hydrogen-bond acceptors (Lipinski definition) is 14. The van der Waals surface area contributed by atoms with Gasteiger partial charge in [-0.15, -0.1) is 4.36 Å². The average molecular weight is 1130 g/mol. The SMILES string of the molecule is CC(C)OC(=O)N=S1(=O)CCN(CC[C@H](C)Nc2ccc(S(=O)(=O)NC(=O)c3ccc(N4CCN(CC5=C(c6ccc(Cl)cc6)CC(C)(C)CC5)CC4)cc3Oc3cnc4[nH]ccc4c3)cc2S(=O)(=O)C(F)(F)F)CC1. The fraction of sp³-hybridized carbons (Fsp3) is 0.442. The van der Waals surface area contributed by atoms with E-state index in [0.29, 0.717) is 60.5 Å². The van der Waals surface area contributed by atoms with E-state index in [0.717, 1.165) is 51.0 Å². The van der Waals surface area contributed by atoms with Crippen LogP contribution >= 0.6 is 11.6 Å². The van der Waals surface area contributed by atoms with Crippen molar-refractivity contribution in [1.82, 2.24) is 24.5 Å². The molecule has 3 aliphatic rings. The van der Waals surface area contributed by atoms with Crippen molar-refractivity contribution in [3.05, 3.63) is 107 Å². The van der Waals surface area contributed by atoms with E-state index in [1.54, 1.807) is 51.2 Å². The van der Waals surface area contributed by atoms with Gasteiger partial charge >= 0.3 is 11.6 Å². The molecule has 24 heteroatoms. The fourth-order valence-corrected chi connectivity index (χ4v) is 13.4. The van der Waals surface area contributed by atoms with Crippen molar-refractivity contribution in [3.8, 4) is 11.5 Å². The van der Waals surface area contributed by atoms with E-state index in [9.17, 15) is 43.8 Å². The Morgan fingerprint density at radius 1 is 0.921 bits per heavy atom. The zero-order valence-electron chi connectivity index (χ0n) is 42.8. The highest BCUT2D eigenvalue weighted by Crippen LogP contribution is 2.44. The molecule has 2 aromatic heterocycles. The van der Waals surface area contributed by atoms with Crippen molar-refractivity contribution < 1.29 is 53.3 Å². The first-order chi connectivity index (χ1) is 35.8. The number of carbonyl (C=O) groups is 2. The fourth-order valence-electron chi connectivity index (χ4n) is 9.50. The molecule has 17 nitrogen and oxygen atoms in total. The Hall–Kier alpha value is -5.72. The van der Waals surface area contributed by atoms with Gasteiger partial charge in [-0.3, -0.25) is 9.69 Å². The summed E-state index contributed by atoms with van der Waals surface area (Å²) in [5.41, 5.74) is -1.22. The van der Waals surface area contributed by atoms with Gasteiger partial charge in [-0.05, 0) is 118 Å². The number of benzene rings is 3. The molecular weight excluding hydrogens is 1070 g/mol. The maximum Gasteiger partial charge on any atom is 0.501 e. The second-order valence-electron chi connectivity index (χ2n) is 20.5. The van der Waals surface area contributed by atoms with E-state index in [-0.39, 0.29) is 40.4 Å². The standard InChI is InChI=1S/C52H62ClF3N8O9S3/c1-34(2)72-50(66)61-74(67)26-24-62(25-27-74)19-16-35(3)59-45-13-11-42(30-47(45)75(68,69)52(54,55)56)76(70,71)60-49(65)43-12-10-40(29-46(43)73-41-28-37-15-18-57-48(37)58-32-41)64-22-20-63(21-23-64)33-38-14-17-51(4,5)31-44(38)36-6-8-39(53)9-7-36/h6-13,15,18,28-30,32,34-35,59H,14,16-17,19-27,31,33H2,1-5H3,(H,57,58)(H,60,65)/t35-/m0/s1. The van der Waals surface area contributed by atoms with Crippen LogP contribution in [0.25, 0.3) is 16.6 Å². The molecule has 5 aromatic rings. The number of ether oxygens (including phenoxy) is 2. The van der Waals surface area contributed by atoms with E-state index in [4.69, 9.17) is 21.1 Å². The minimum Gasteiger partial charge on any atom is -0.455 e. The summed E-state index contributed by atoms with van der Waals surface area (Å²) in [4.78, 5) is 37.7. The third kappa shape index (κ3) is 13.7. The summed E-state index contributed by atoms with van der Waals surface area (Å²) < 4.78 is 127. The quantitative estimate of drug-likeness (QED) is 0.0840. The van der Waals surface area contributed by atoms with Crippen LogP contribution in [0, 0.1) is 5.41 Å². The number of carbonyl (C=O) groups excluding carboxylic acids is 2. The van der Waals surface area contributed by atoms with E-state index in [2.05, 4.69) is 55.4 Å². The van der Waals surface area contributed by atoms with Crippen molar-refractivity contribution in [2.45, 2.75) is 87.7 Å². The highest BCUT2D eigenvalue weighted by atomic mass is 35.5. The van der Waals surface area contributed by atoms with Gasteiger partial charge in [0.25, 0.3) is 25.8 Å². The van der Waals surface area contributed by atoms with E-state index < -0.39 is 74.7 Å². The number of anilines is 2. The number of fused-ring (bicyclic) bond motifs is 1. The first-order valence-corrected chi connectivity index (χ1v) is 30.1. The van der Waals surface area contributed by atoms with Crippen LogP contribution in [0.2, 0.25) is 5.02 Å². The number of hydrogen-bond donors (Lipinski definition) is 3. The zero-order valence-corrected chi connectivity index (χ0v) is 46.0. The number of amides is 2. The van der Waals surface area contributed by atoms with E-state index in [1.807, 2.05) is 21.8 Å². The van der Waals surface area contributed by atoms with Crippen molar-refractivity contribution in [1.29, 1.82) is 0 Å². The molecule has 0 radical (unpaired) electrons. The van der Waals surface area contributed by atoms with Gasteiger partial charge in [0.1, 0.15) is 22.0 Å². The summed E-state index contributed by atoms with van der Waals surface area (Å²) in [6.45, 7) is 13.9. The molecule has 2 aliphatic heterocycles. The normalized spacial score (nSPS) is 18.1. The highest BCUT2D eigenvalue weighted by molar-refractivity contribution is 7.94. The molecule has 3 aromatic carbocycles. The summed E-state index contributed by atoms with van der Waals surface area (Å²) in [6, 6.07) is 17.6. The molecule has 1 atom stereocenters. The first kappa shape index (κ1) is 56.5. The Morgan fingerprint density at radius 2 is 1.63 bits per heavy atom. The van der Waals surface area contributed by atoms with Crippen molar-refractivity contribution in [2.24, 2.45) is 9.78 Å². The molecule has 3 N–H and O–H groups in total. The van der Waals surface area contributed by atoms with Gasteiger partial charge in [0, 0.05) is 98.3 Å². The third-order valence-corrected chi connectivity index (χ3v) is 19.0. The largest absolute Gasteiger partial charge is 0.501 e. The molecule has 2 fully saturated rings. The topological polar surface area (TPSA) is 213 Å². The lowest BCUT2D eigenvalue weighted by Gasteiger charge is -2.39. The lowest BCUT2D eigenvalue weighted by atomic mass is 9.72. The van der Waals surface area contributed by atoms with Crippen LogP contribution in [-0.2, 0) is 34.3 Å². The first-order valence-electron chi connectivity index (χ1n) is 24.9. The molecular formula is C52H62ClF3N8O9S3. The number of piperazine rings is 1. The smallest absolute Gasteiger partial charge is 0.455 e. The van der Waals surface area contributed by atoms with Crippen LogP contribution in [0.1, 0.15) is 76.2 Å². The maximum atomic E-state index is 14.2. The molecule has 2 amide bonds. The lowest BCUT2D eigenvalue weighted by Crippen LogP contribution is -2.47. The van der Waals surface area contributed by atoms with E-state index in [1.165, 1.54) is 29.0 Å². The molecule has 0 unspecified atom stereocenters. The predicted octanol–water partition coefficient (Wildman–Crippen LogP) is 9.73. The number of halogens is 4. The van der Waals surface area contributed by atoms with Crippen LogP contribution in [0.3, 0.4) is 0 Å². The summed E-state index contributed by atoms with van der Waals surface area (Å²) in [6.07, 6.45) is 5.08. The monoisotopic (exact) mass is 1130 g/mol. The number of nitrogens with one attached hydrogen (secondary N) is 3. The maximum absolute atomic E-state index is 14.2. The Morgan fingerprint density at radius 3 is 2.32 bits per heavy atom. The third-order valence-electron chi connectivity index (χ3n) is 13.7. The number of H-pyrrole nitrogens is 1. The number of allylic oxidation sites excluding steroid dienone is 1. The predicted molar refractivity (Wildman–Crippen MR) is 288 cm³/mol. The van der Waals surface area contributed by atoms with E-state index >= 15 is 0 Å². The Labute approximate surface area is 446 Å². The number of nitrogens with zero attached hydrogens (tertiary/aromatic N) is 5. The van der Waals surface area contributed by atoms with Gasteiger partial charge in [-0.2, -0.15) is 13.2 Å². The summed E-state index contributed by atoms with van der Waals surface area (Å²) in [5.74, 6) is -0.831. The number of sulfonamides is 1. The van der Waals surface area contributed by atoms with Crippen molar-refractivity contribution in [3.63, 3.8) is 0 Å². The molecule has 1 aliphatic carbocycles. The second-order valence-corrected chi connectivity index (χ2v) is 27.1. The van der Waals surface area contributed by atoms with Crippen molar-refractivity contribution in [2.75, 3.05) is 74.1 Å². The molecule has 4 heterocycles.